The molecule has 26 heavy (non-hydrogen) atoms. The Kier molecular flexibility index (Phi) is 6.85. The van der Waals surface area contributed by atoms with Crippen molar-refractivity contribution in [1.82, 2.24) is 0 Å². The molecule has 1 aromatic heterocycles. The summed E-state index contributed by atoms with van der Waals surface area (Å²) in [5, 5.41) is 4.79. The van der Waals surface area contributed by atoms with Crippen LogP contribution in [-0.2, 0) is 0 Å². The molecule has 0 saturated heterocycles. The standard InChI is InChI=1S/C18H22N2O5S/c1-4-23-13-9-11(10-14(24-5-2)15(13)25-6-3)17(22)20-18-12(16(19)21)7-8-26-18/h7-10H,4-6H2,1-3H3,(H2,19,21)(H,20,22). The molecule has 0 fully saturated rings. The molecular weight excluding hydrogens is 356 g/mol. The monoisotopic (exact) mass is 378 g/mol. The first-order valence-corrected chi connectivity index (χ1v) is 9.14. The summed E-state index contributed by atoms with van der Waals surface area (Å²) in [5.74, 6) is 0.304. The van der Waals surface area contributed by atoms with Crippen molar-refractivity contribution in [3.05, 3.63) is 34.7 Å². The number of nitrogens with two attached hydrogens (primary N) is 1. The maximum Gasteiger partial charge on any atom is 0.256 e. The summed E-state index contributed by atoms with van der Waals surface area (Å²) in [5.41, 5.74) is 5.91. The smallest absolute Gasteiger partial charge is 0.256 e. The van der Waals surface area contributed by atoms with E-state index < -0.39 is 11.8 Å². The lowest BCUT2D eigenvalue weighted by molar-refractivity contribution is 0.100. The molecule has 7 nitrogen and oxygen atoms in total. The van der Waals surface area contributed by atoms with Crippen molar-refractivity contribution < 1.29 is 23.8 Å². The summed E-state index contributed by atoms with van der Waals surface area (Å²) in [6.45, 7) is 6.79. The molecule has 0 radical (unpaired) electrons. The predicted molar refractivity (Wildman–Crippen MR) is 101 cm³/mol. The van der Waals surface area contributed by atoms with Crippen LogP contribution in [0.5, 0.6) is 17.2 Å². The second-order valence-corrected chi connectivity index (χ2v) is 6.00. The fourth-order valence-electron chi connectivity index (χ4n) is 2.30. The van der Waals surface area contributed by atoms with E-state index in [2.05, 4.69) is 5.32 Å². The zero-order valence-electron chi connectivity index (χ0n) is 15.0. The van der Waals surface area contributed by atoms with Gasteiger partial charge in [-0.05, 0) is 44.4 Å². The molecule has 0 aliphatic carbocycles. The number of amides is 2. The Morgan fingerprint density at radius 2 is 1.62 bits per heavy atom. The van der Waals surface area contributed by atoms with Gasteiger partial charge in [0.2, 0.25) is 5.75 Å². The van der Waals surface area contributed by atoms with Crippen LogP contribution in [0.2, 0.25) is 0 Å². The fourth-order valence-corrected chi connectivity index (χ4v) is 3.08. The summed E-state index contributed by atoms with van der Waals surface area (Å²) in [4.78, 5) is 24.1. The van der Waals surface area contributed by atoms with Gasteiger partial charge in [0.25, 0.3) is 11.8 Å². The third kappa shape index (κ3) is 4.45. The largest absolute Gasteiger partial charge is 0.490 e. The second kappa shape index (κ2) is 9.10. The van der Waals surface area contributed by atoms with Crippen LogP contribution in [0.15, 0.2) is 23.6 Å². The highest BCUT2D eigenvalue weighted by atomic mass is 32.1. The molecule has 3 N–H and O–H groups in total. The minimum Gasteiger partial charge on any atom is -0.490 e. The zero-order chi connectivity index (χ0) is 19.1. The summed E-state index contributed by atoms with van der Waals surface area (Å²) < 4.78 is 16.8. The van der Waals surface area contributed by atoms with E-state index >= 15 is 0 Å². The number of hydrogen-bond acceptors (Lipinski definition) is 6. The summed E-state index contributed by atoms with van der Waals surface area (Å²) in [6, 6.07) is 4.74. The Labute approximate surface area is 156 Å². The molecule has 0 spiro atoms. The van der Waals surface area contributed by atoms with Crippen molar-refractivity contribution >= 4 is 28.2 Å². The van der Waals surface area contributed by atoms with Crippen molar-refractivity contribution in [3.8, 4) is 17.2 Å². The van der Waals surface area contributed by atoms with E-state index in [1.54, 1.807) is 23.6 Å². The van der Waals surface area contributed by atoms with Gasteiger partial charge in [-0.1, -0.05) is 0 Å². The minimum atomic E-state index is -0.599. The average molecular weight is 378 g/mol. The van der Waals surface area contributed by atoms with Crippen LogP contribution in [0.25, 0.3) is 0 Å². The Hall–Kier alpha value is -2.74. The highest BCUT2D eigenvalue weighted by Crippen LogP contribution is 2.39. The molecule has 8 heteroatoms. The quantitative estimate of drug-likeness (QED) is 0.697. The SMILES string of the molecule is CCOc1cc(C(=O)Nc2sccc2C(N)=O)cc(OCC)c1OCC. The highest BCUT2D eigenvalue weighted by Gasteiger charge is 2.20. The molecule has 0 aliphatic heterocycles. The Morgan fingerprint density at radius 1 is 1.04 bits per heavy atom. The van der Waals surface area contributed by atoms with Crippen LogP contribution in [0.1, 0.15) is 41.5 Å². The van der Waals surface area contributed by atoms with Gasteiger partial charge in [-0.25, -0.2) is 0 Å². The van der Waals surface area contributed by atoms with Crippen molar-refractivity contribution in [3.63, 3.8) is 0 Å². The molecule has 140 valence electrons. The van der Waals surface area contributed by atoms with Crippen LogP contribution in [0.3, 0.4) is 0 Å². The summed E-state index contributed by atoms with van der Waals surface area (Å²) >= 11 is 1.22. The summed E-state index contributed by atoms with van der Waals surface area (Å²) in [7, 11) is 0. The van der Waals surface area contributed by atoms with E-state index in [1.807, 2.05) is 20.8 Å². The van der Waals surface area contributed by atoms with Crippen molar-refractivity contribution in [2.24, 2.45) is 5.73 Å². The minimum absolute atomic E-state index is 0.268. The van der Waals surface area contributed by atoms with Gasteiger partial charge in [-0.2, -0.15) is 0 Å². The molecule has 1 heterocycles. The van der Waals surface area contributed by atoms with E-state index in [-0.39, 0.29) is 5.56 Å². The lowest BCUT2D eigenvalue weighted by atomic mass is 10.1. The van der Waals surface area contributed by atoms with Gasteiger partial charge in [-0.3, -0.25) is 9.59 Å². The second-order valence-electron chi connectivity index (χ2n) is 5.08. The number of ether oxygens (including phenoxy) is 3. The number of benzene rings is 1. The maximum absolute atomic E-state index is 12.7. The number of nitrogens with one attached hydrogen (secondary N) is 1. The van der Waals surface area contributed by atoms with Gasteiger partial charge in [0.05, 0.1) is 25.4 Å². The molecule has 1 aromatic carbocycles. The predicted octanol–water partition coefficient (Wildman–Crippen LogP) is 3.30. The number of rotatable bonds is 9. The topological polar surface area (TPSA) is 99.9 Å². The van der Waals surface area contributed by atoms with Gasteiger partial charge >= 0.3 is 0 Å². The first-order chi connectivity index (χ1) is 12.5. The number of anilines is 1. The van der Waals surface area contributed by atoms with Crippen LogP contribution in [0.4, 0.5) is 5.00 Å². The van der Waals surface area contributed by atoms with Crippen LogP contribution in [-0.4, -0.2) is 31.6 Å². The molecule has 2 amide bonds. The lowest BCUT2D eigenvalue weighted by Crippen LogP contribution is -2.17. The first-order valence-electron chi connectivity index (χ1n) is 8.26. The van der Waals surface area contributed by atoms with E-state index in [1.165, 1.54) is 11.3 Å². The molecular formula is C18H22N2O5S. The van der Waals surface area contributed by atoms with E-state index in [0.29, 0.717) is 47.6 Å². The van der Waals surface area contributed by atoms with Gasteiger partial charge in [-0.15, -0.1) is 11.3 Å². The van der Waals surface area contributed by atoms with E-state index in [0.717, 1.165) is 0 Å². The van der Waals surface area contributed by atoms with Crippen LogP contribution >= 0.6 is 11.3 Å². The molecule has 2 rings (SSSR count). The van der Waals surface area contributed by atoms with E-state index in [9.17, 15) is 9.59 Å². The number of primary amides is 1. The van der Waals surface area contributed by atoms with Crippen molar-refractivity contribution in [1.29, 1.82) is 0 Å². The number of hydrogen-bond donors (Lipinski definition) is 2. The summed E-state index contributed by atoms with van der Waals surface area (Å²) in [6.07, 6.45) is 0. The van der Waals surface area contributed by atoms with E-state index in [4.69, 9.17) is 19.9 Å². The van der Waals surface area contributed by atoms with Crippen LogP contribution < -0.4 is 25.3 Å². The van der Waals surface area contributed by atoms with Gasteiger partial charge in [0.15, 0.2) is 11.5 Å². The first kappa shape index (κ1) is 19.6. The highest BCUT2D eigenvalue weighted by molar-refractivity contribution is 7.14. The molecule has 0 aliphatic rings. The Balaban J connectivity index is 2.39. The Bertz CT molecular complexity index is 761. The third-order valence-electron chi connectivity index (χ3n) is 3.33. The number of thiophene rings is 1. The van der Waals surface area contributed by atoms with Gasteiger partial charge < -0.3 is 25.3 Å². The normalized spacial score (nSPS) is 10.3. The molecule has 2 aromatic rings. The zero-order valence-corrected chi connectivity index (χ0v) is 15.8. The van der Waals surface area contributed by atoms with Gasteiger partial charge in [0.1, 0.15) is 5.00 Å². The Morgan fingerprint density at radius 3 is 2.12 bits per heavy atom. The lowest BCUT2D eigenvalue weighted by Gasteiger charge is -2.17. The fraction of sp³-hybridized carbons (Fsp3) is 0.333. The van der Waals surface area contributed by atoms with Gasteiger partial charge in [0, 0.05) is 5.56 Å². The molecule has 0 saturated carbocycles. The number of carbonyl (C=O) groups is 2. The van der Waals surface area contributed by atoms with Crippen molar-refractivity contribution in [2.75, 3.05) is 25.1 Å². The molecule has 0 bridgehead atoms. The number of carbonyl (C=O) groups excluding carboxylic acids is 2. The van der Waals surface area contributed by atoms with Crippen molar-refractivity contribution in [2.45, 2.75) is 20.8 Å². The molecule has 0 atom stereocenters. The van der Waals surface area contributed by atoms with Crippen LogP contribution in [0, 0.1) is 0 Å². The maximum atomic E-state index is 12.7. The third-order valence-corrected chi connectivity index (χ3v) is 4.16. The average Bonchev–Trinajstić information content (AvgIpc) is 3.06. The molecule has 0 unspecified atom stereocenters.